The number of benzene rings is 1. The van der Waals surface area contributed by atoms with E-state index >= 15 is 0 Å². The van der Waals surface area contributed by atoms with E-state index in [9.17, 15) is 24.6 Å². The van der Waals surface area contributed by atoms with Gasteiger partial charge in [-0.25, -0.2) is 0 Å². The molecule has 0 radical (unpaired) electrons. The number of imide groups is 1. The Labute approximate surface area is 158 Å². The monoisotopic (exact) mass is 374 g/mol. The highest BCUT2D eigenvalue weighted by Gasteiger charge is 2.68. The fourth-order valence-corrected chi connectivity index (χ4v) is 4.67. The molecule has 2 fully saturated rings. The average Bonchev–Trinajstić information content (AvgIpc) is 3.03. The number of nitrogens with zero attached hydrogens (tertiary/aromatic N) is 1. The van der Waals surface area contributed by atoms with Gasteiger partial charge in [-0.1, -0.05) is 32.0 Å². The number of aromatic hydroxyl groups is 1. The highest BCUT2D eigenvalue weighted by atomic mass is 16.4. The van der Waals surface area contributed by atoms with E-state index in [-0.39, 0.29) is 30.0 Å². The first-order valence-corrected chi connectivity index (χ1v) is 9.27. The number of phenols is 1. The second-order valence-electron chi connectivity index (χ2n) is 8.20. The molecular weight excluding hydrogens is 348 g/mol. The number of carbonyl (C=O) groups excluding carboxylic acids is 2. The summed E-state index contributed by atoms with van der Waals surface area (Å²) in [5.74, 6) is -3.87. The maximum absolute atomic E-state index is 13.1. The van der Waals surface area contributed by atoms with Gasteiger partial charge in [0.1, 0.15) is 11.3 Å². The Hall–Kier alpha value is -2.41. The summed E-state index contributed by atoms with van der Waals surface area (Å²) in [4.78, 5) is 39.8. The molecule has 7 nitrogen and oxygen atoms in total. The normalized spacial score (nSPS) is 30.4. The number of carboxylic acid groups (broad SMARTS) is 1. The Morgan fingerprint density at radius 2 is 1.81 bits per heavy atom. The third-order valence-corrected chi connectivity index (χ3v) is 5.59. The number of amides is 2. The predicted octanol–water partition coefficient (Wildman–Crippen LogP) is 1.92. The summed E-state index contributed by atoms with van der Waals surface area (Å²) in [5, 5.41) is 23.5. The number of likely N-dealkylation sites (tertiary alicyclic amines) is 1. The third kappa shape index (κ3) is 2.81. The summed E-state index contributed by atoms with van der Waals surface area (Å²) >= 11 is 0. The molecule has 2 aliphatic heterocycles. The van der Waals surface area contributed by atoms with Gasteiger partial charge in [0.15, 0.2) is 0 Å². The van der Waals surface area contributed by atoms with Crippen molar-refractivity contribution >= 4 is 17.8 Å². The van der Waals surface area contributed by atoms with Crippen LogP contribution < -0.4 is 5.32 Å². The molecule has 2 amide bonds. The lowest BCUT2D eigenvalue weighted by atomic mass is 9.75. The van der Waals surface area contributed by atoms with Crippen molar-refractivity contribution in [3.63, 3.8) is 0 Å². The molecule has 2 saturated heterocycles. The molecule has 2 aliphatic rings. The molecule has 7 heteroatoms. The van der Waals surface area contributed by atoms with Gasteiger partial charge in [0.05, 0.1) is 11.8 Å². The summed E-state index contributed by atoms with van der Waals surface area (Å²) in [7, 11) is 0. The quantitative estimate of drug-likeness (QED) is 0.680. The standard InChI is InChI=1S/C20H26N2O5/c1-10(2)9-20(19(26)27)15-14(17(24)22(11(3)4)18(15)25)16(21-20)12-7-5-6-8-13(12)23/h5-8,10-11,14-16,21,23H,9H2,1-4H3,(H,26,27)/t14-,15-,16-,20+/m1/s1. The van der Waals surface area contributed by atoms with Gasteiger partial charge in [0.25, 0.3) is 0 Å². The molecule has 2 heterocycles. The zero-order valence-electron chi connectivity index (χ0n) is 16.0. The number of carboxylic acids is 1. The van der Waals surface area contributed by atoms with Gasteiger partial charge in [-0.15, -0.1) is 0 Å². The Bertz CT molecular complexity index is 790. The number of fused-ring (bicyclic) bond motifs is 1. The lowest BCUT2D eigenvalue weighted by molar-refractivity contribution is -0.152. The van der Waals surface area contributed by atoms with Crippen LogP contribution in [-0.2, 0) is 14.4 Å². The molecule has 27 heavy (non-hydrogen) atoms. The van der Waals surface area contributed by atoms with Gasteiger partial charge in [-0.2, -0.15) is 0 Å². The molecule has 1 aromatic rings. The maximum Gasteiger partial charge on any atom is 0.324 e. The number of hydrogen-bond donors (Lipinski definition) is 3. The lowest BCUT2D eigenvalue weighted by Crippen LogP contribution is -2.56. The van der Waals surface area contributed by atoms with E-state index in [1.807, 2.05) is 13.8 Å². The highest BCUT2D eigenvalue weighted by molar-refractivity contribution is 6.09. The molecule has 0 aromatic heterocycles. The Morgan fingerprint density at radius 1 is 1.19 bits per heavy atom. The van der Waals surface area contributed by atoms with Crippen LogP contribution in [0.15, 0.2) is 24.3 Å². The summed E-state index contributed by atoms with van der Waals surface area (Å²) in [5.41, 5.74) is -1.12. The Morgan fingerprint density at radius 3 is 2.33 bits per heavy atom. The summed E-state index contributed by atoms with van der Waals surface area (Å²) in [6, 6.07) is 5.43. The number of hydrogen-bond acceptors (Lipinski definition) is 5. The molecule has 146 valence electrons. The van der Waals surface area contributed by atoms with Crippen molar-refractivity contribution in [3.8, 4) is 5.75 Å². The van der Waals surface area contributed by atoms with Crippen molar-refractivity contribution in [1.29, 1.82) is 0 Å². The highest BCUT2D eigenvalue weighted by Crippen LogP contribution is 2.52. The van der Waals surface area contributed by atoms with Crippen LogP contribution in [0.5, 0.6) is 5.75 Å². The number of carbonyl (C=O) groups is 3. The molecule has 0 spiro atoms. The molecule has 3 rings (SSSR count). The number of phenolic OH excluding ortho intramolecular Hbond substituents is 1. The predicted molar refractivity (Wildman–Crippen MR) is 97.8 cm³/mol. The van der Waals surface area contributed by atoms with Gasteiger partial charge in [0, 0.05) is 17.6 Å². The van der Waals surface area contributed by atoms with Gasteiger partial charge < -0.3 is 10.2 Å². The summed E-state index contributed by atoms with van der Waals surface area (Å²) in [6.45, 7) is 7.25. The van der Waals surface area contributed by atoms with E-state index in [4.69, 9.17) is 0 Å². The van der Waals surface area contributed by atoms with E-state index in [0.29, 0.717) is 5.56 Å². The van der Waals surface area contributed by atoms with Crippen LogP contribution >= 0.6 is 0 Å². The van der Waals surface area contributed by atoms with Gasteiger partial charge >= 0.3 is 5.97 Å². The minimum Gasteiger partial charge on any atom is -0.508 e. The molecule has 1 aromatic carbocycles. The second kappa shape index (κ2) is 6.64. The van der Waals surface area contributed by atoms with Crippen molar-refractivity contribution in [3.05, 3.63) is 29.8 Å². The van der Waals surface area contributed by atoms with Crippen molar-refractivity contribution in [2.24, 2.45) is 17.8 Å². The summed E-state index contributed by atoms with van der Waals surface area (Å²) < 4.78 is 0. The largest absolute Gasteiger partial charge is 0.508 e. The number of aliphatic carboxylic acids is 1. The van der Waals surface area contributed by atoms with Gasteiger partial charge in [-0.3, -0.25) is 24.6 Å². The van der Waals surface area contributed by atoms with Gasteiger partial charge in [0.2, 0.25) is 11.8 Å². The van der Waals surface area contributed by atoms with Crippen molar-refractivity contribution in [2.75, 3.05) is 0 Å². The molecule has 3 N–H and O–H groups in total. The van der Waals surface area contributed by atoms with Crippen molar-refractivity contribution in [2.45, 2.75) is 51.7 Å². The van der Waals surface area contributed by atoms with Crippen LogP contribution in [0.3, 0.4) is 0 Å². The number of nitrogens with one attached hydrogen (secondary N) is 1. The second-order valence-corrected chi connectivity index (χ2v) is 8.20. The molecule has 0 bridgehead atoms. The Kier molecular flexibility index (Phi) is 4.76. The molecule has 0 aliphatic carbocycles. The topological polar surface area (TPSA) is 107 Å². The average molecular weight is 374 g/mol. The number of rotatable bonds is 5. The fourth-order valence-electron chi connectivity index (χ4n) is 4.67. The van der Waals surface area contributed by atoms with E-state index in [0.717, 1.165) is 0 Å². The van der Waals surface area contributed by atoms with Crippen LogP contribution in [0.4, 0.5) is 0 Å². The summed E-state index contributed by atoms with van der Waals surface area (Å²) in [6.07, 6.45) is 0.207. The fraction of sp³-hybridized carbons (Fsp3) is 0.550. The first-order valence-electron chi connectivity index (χ1n) is 9.27. The van der Waals surface area contributed by atoms with Gasteiger partial charge in [-0.05, 0) is 32.3 Å². The van der Waals surface area contributed by atoms with E-state index in [1.54, 1.807) is 32.0 Å². The van der Waals surface area contributed by atoms with E-state index in [1.165, 1.54) is 11.0 Å². The van der Waals surface area contributed by atoms with Crippen LogP contribution in [0.1, 0.15) is 45.7 Å². The third-order valence-electron chi connectivity index (χ3n) is 5.59. The zero-order chi connectivity index (χ0) is 20.1. The smallest absolute Gasteiger partial charge is 0.324 e. The first kappa shape index (κ1) is 19.4. The molecular formula is C20H26N2O5. The van der Waals surface area contributed by atoms with Crippen molar-refractivity contribution in [1.82, 2.24) is 10.2 Å². The molecule has 0 unspecified atom stereocenters. The SMILES string of the molecule is CC(C)C[C@]1(C(=O)O)N[C@H](c2ccccc2O)[C@@H]2C(=O)N(C(C)C)C(=O)[C@@H]21. The van der Waals surface area contributed by atoms with Crippen LogP contribution in [0, 0.1) is 17.8 Å². The minimum absolute atomic E-state index is 0.00614. The van der Waals surface area contributed by atoms with Crippen LogP contribution in [-0.4, -0.2) is 44.5 Å². The Balaban J connectivity index is 2.19. The first-order chi connectivity index (χ1) is 12.6. The number of para-hydroxylation sites is 1. The molecule has 0 saturated carbocycles. The maximum atomic E-state index is 13.1. The van der Waals surface area contributed by atoms with Crippen LogP contribution in [0.25, 0.3) is 0 Å². The van der Waals surface area contributed by atoms with Crippen LogP contribution in [0.2, 0.25) is 0 Å². The molecule has 4 atom stereocenters. The zero-order valence-corrected chi connectivity index (χ0v) is 16.0. The minimum atomic E-state index is -1.55. The lowest BCUT2D eigenvalue weighted by Gasteiger charge is -2.33. The van der Waals surface area contributed by atoms with Crippen molar-refractivity contribution < 1.29 is 24.6 Å². The van der Waals surface area contributed by atoms with E-state index < -0.39 is 35.3 Å². The van der Waals surface area contributed by atoms with E-state index in [2.05, 4.69) is 5.32 Å².